The highest BCUT2D eigenvalue weighted by Gasteiger charge is 2.09. The van der Waals surface area contributed by atoms with Crippen LogP contribution in [0.3, 0.4) is 0 Å². The lowest BCUT2D eigenvalue weighted by Gasteiger charge is -2.12. The Bertz CT molecular complexity index is 664. The Hall–Kier alpha value is -1.79. The van der Waals surface area contributed by atoms with Crippen molar-refractivity contribution in [3.8, 4) is 5.75 Å². The highest BCUT2D eigenvalue weighted by atomic mass is 32.2. The molecule has 84 valence electrons. The van der Waals surface area contributed by atoms with Gasteiger partial charge in [-0.2, -0.15) is 0 Å². The van der Waals surface area contributed by atoms with Gasteiger partial charge in [0.15, 0.2) is 0 Å². The number of fused-ring (bicyclic) bond motifs is 1. The Morgan fingerprint density at radius 2 is 1.88 bits per heavy atom. The Kier molecular flexibility index (Phi) is 2.25. The second-order valence-corrected chi connectivity index (χ2v) is 4.69. The number of nitrogens with two attached hydrogens (primary N) is 1. The molecule has 2 rings (SSSR count). The summed E-state index contributed by atoms with van der Waals surface area (Å²) in [6, 6.07) is 6.84. The van der Waals surface area contributed by atoms with E-state index in [2.05, 4.69) is 0 Å². The van der Waals surface area contributed by atoms with Crippen LogP contribution in [0.15, 0.2) is 35.2 Å². The molecule has 0 radical (unpaired) electrons. The van der Waals surface area contributed by atoms with Gasteiger partial charge in [0.2, 0.25) is 0 Å². The summed E-state index contributed by atoms with van der Waals surface area (Å²) >= 11 is 0. The van der Waals surface area contributed by atoms with Gasteiger partial charge in [-0.1, -0.05) is 6.07 Å². The minimum atomic E-state index is -4.57. The average Bonchev–Trinajstić information content (AvgIpc) is 2.15. The summed E-state index contributed by atoms with van der Waals surface area (Å²) in [5.74, 6) is 0.0460. The molecule has 3 N–H and O–H groups in total. The molecule has 0 aliphatic rings. The third-order valence-electron chi connectivity index (χ3n) is 2.27. The van der Waals surface area contributed by atoms with Crippen LogP contribution < -0.4 is 5.73 Å². The molecule has 0 aliphatic carbocycles. The number of benzene rings is 2. The fraction of sp³-hybridized carbons (Fsp3) is 0. The van der Waals surface area contributed by atoms with Crippen LogP contribution in [0.1, 0.15) is 0 Å². The van der Waals surface area contributed by atoms with Crippen LogP contribution in [0.5, 0.6) is 5.75 Å². The van der Waals surface area contributed by atoms with Gasteiger partial charge in [-0.25, -0.2) is 8.42 Å². The van der Waals surface area contributed by atoms with Crippen molar-refractivity contribution >= 4 is 26.6 Å². The van der Waals surface area contributed by atoms with E-state index in [1.807, 2.05) is 0 Å². The van der Waals surface area contributed by atoms with Crippen LogP contribution in [-0.4, -0.2) is 18.1 Å². The minimum absolute atomic E-state index is 0.0460. The third kappa shape index (κ3) is 1.68. The van der Waals surface area contributed by atoms with E-state index in [1.165, 1.54) is 24.3 Å². The van der Waals surface area contributed by atoms with Gasteiger partial charge in [-0.15, -0.1) is 0 Å². The predicted octanol–water partition coefficient (Wildman–Crippen LogP) is 1.03. The molecule has 6 heteroatoms. The molecule has 0 heterocycles. The number of hydrogen-bond acceptors (Lipinski definition) is 5. The zero-order valence-corrected chi connectivity index (χ0v) is 8.86. The second-order valence-electron chi connectivity index (χ2n) is 3.34. The molecule has 2 aromatic rings. The fourth-order valence-electron chi connectivity index (χ4n) is 1.54. The van der Waals surface area contributed by atoms with E-state index < -0.39 is 15.0 Å². The Morgan fingerprint density at radius 3 is 2.50 bits per heavy atom. The molecule has 0 amide bonds. The lowest BCUT2D eigenvalue weighted by atomic mass is 10.1. The number of rotatable bonds is 1. The van der Waals surface area contributed by atoms with Gasteiger partial charge in [-0.3, -0.25) is 0 Å². The summed E-state index contributed by atoms with van der Waals surface area (Å²) in [5, 5.41) is 10.2. The van der Waals surface area contributed by atoms with Gasteiger partial charge in [0.25, 0.3) is 0 Å². The van der Waals surface area contributed by atoms with Gasteiger partial charge in [-0.05, 0) is 29.7 Å². The highest BCUT2D eigenvalue weighted by Crippen LogP contribution is 2.29. The molecule has 0 aliphatic heterocycles. The van der Waals surface area contributed by atoms with Crippen LogP contribution in [0.25, 0.3) is 10.8 Å². The zero-order chi connectivity index (χ0) is 11.9. The van der Waals surface area contributed by atoms with Crippen molar-refractivity contribution in [3.05, 3.63) is 30.3 Å². The molecule has 0 atom stereocenters. The van der Waals surface area contributed by atoms with Gasteiger partial charge in [0, 0.05) is 5.39 Å². The first kappa shape index (κ1) is 10.7. The molecular formula is C10H8NO4S-. The number of aromatic hydroxyl groups is 1. The van der Waals surface area contributed by atoms with E-state index in [0.29, 0.717) is 10.8 Å². The molecule has 16 heavy (non-hydrogen) atoms. The van der Waals surface area contributed by atoms with Crippen molar-refractivity contribution in [1.29, 1.82) is 0 Å². The first-order chi connectivity index (χ1) is 7.39. The number of phenolic OH excluding ortho intramolecular Hbond substituents is 1. The number of nitrogen functional groups attached to an aromatic ring is 1. The minimum Gasteiger partial charge on any atom is -0.744 e. The number of phenols is 1. The molecule has 5 nitrogen and oxygen atoms in total. The Balaban J connectivity index is 2.86. The summed E-state index contributed by atoms with van der Waals surface area (Å²) in [5.41, 5.74) is 5.50. The van der Waals surface area contributed by atoms with E-state index in [0.717, 1.165) is 6.07 Å². The standard InChI is InChI=1S/C10H9NO4S/c11-10-8-3-2-7(12)5-6(8)1-4-9(10)16(13,14)15/h1-5,12H,11H2,(H,13,14,15)/p-1. The zero-order valence-electron chi connectivity index (χ0n) is 8.04. The van der Waals surface area contributed by atoms with Gasteiger partial charge in [0.05, 0.1) is 10.6 Å². The highest BCUT2D eigenvalue weighted by molar-refractivity contribution is 7.86. The largest absolute Gasteiger partial charge is 0.744 e. The van der Waals surface area contributed by atoms with E-state index in [-0.39, 0.29) is 11.4 Å². The van der Waals surface area contributed by atoms with Crippen molar-refractivity contribution in [2.75, 3.05) is 5.73 Å². The van der Waals surface area contributed by atoms with Crippen LogP contribution in [-0.2, 0) is 10.1 Å². The molecule has 0 saturated carbocycles. The molecule has 0 aromatic heterocycles. The molecule has 0 saturated heterocycles. The van der Waals surface area contributed by atoms with Crippen molar-refractivity contribution < 1.29 is 18.1 Å². The van der Waals surface area contributed by atoms with Gasteiger partial charge < -0.3 is 15.4 Å². The fourth-order valence-corrected chi connectivity index (χ4v) is 2.15. The Labute approximate surface area is 91.9 Å². The van der Waals surface area contributed by atoms with Crippen LogP contribution in [0.4, 0.5) is 5.69 Å². The molecule has 0 bridgehead atoms. The van der Waals surface area contributed by atoms with E-state index in [4.69, 9.17) is 5.73 Å². The maximum atomic E-state index is 10.9. The average molecular weight is 238 g/mol. The lowest BCUT2D eigenvalue weighted by molar-refractivity contribution is 0.463. The van der Waals surface area contributed by atoms with Crippen molar-refractivity contribution in [1.82, 2.24) is 0 Å². The van der Waals surface area contributed by atoms with E-state index in [1.54, 1.807) is 0 Å². The lowest BCUT2D eigenvalue weighted by Crippen LogP contribution is -2.03. The topological polar surface area (TPSA) is 103 Å². The van der Waals surface area contributed by atoms with Crippen LogP contribution >= 0.6 is 0 Å². The van der Waals surface area contributed by atoms with Crippen molar-refractivity contribution in [3.63, 3.8) is 0 Å². The quantitative estimate of drug-likeness (QED) is 0.570. The molecule has 0 fully saturated rings. The van der Waals surface area contributed by atoms with Gasteiger partial charge >= 0.3 is 0 Å². The maximum Gasteiger partial charge on any atom is 0.126 e. The smallest absolute Gasteiger partial charge is 0.126 e. The first-order valence-electron chi connectivity index (χ1n) is 4.37. The Morgan fingerprint density at radius 1 is 1.19 bits per heavy atom. The van der Waals surface area contributed by atoms with Crippen molar-refractivity contribution in [2.45, 2.75) is 4.90 Å². The predicted molar refractivity (Wildman–Crippen MR) is 58.0 cm³/mol. The molecular weight excluding hydrogens is 230 g/mol. The van der Waals surface area contributed by atoms with E-state index >= 15 is 0 Å². The molecule has 2 aromatic carbocycles. The first-order valence-corrected chi connectivity index (χ1v) is 5.77. The molecule has 0 spiro atoms. The maximum absolute atomic E-state index is 10.9. The number of anilines is 1. The summed E-state index contributed by atoms with van der Waals surface area (Å²) in [7, 11) is -4.57. The monoisotopic (exact) mass is 238 g/mol. The number of hydrogen-bond donors (Lipinski definition) is 2. The van der Waals surface area contributed by atoms with Crippen LogP contribution in [0.2, 0.25) is 0 Å². The summed E-state index contributed by atoms with van der Waals surface area (Å²) < 4.78 is 32.6. The third-order valence-corrected chi connectivity index (χ3v) is 3.17. The normalized spacial score (nSPS) is 11.8. The summed E-state index contributed by atoms with van der Waals surface area (Å²) in [6.07, 6.45) is 0. The van der Waals surface area contributed by atoms with Crippen molar-refractivity contribution in [2.24, 2.45) is 0 Å². The van der Waals surface area contributed by atoms with Crippen LogP contribution in [0, 0.1) is 0 Å². The van der Waals surface area contributed by atoms with E-state index in [9.17, 15) is 18.1 Å². The van der Waals surface area contributed by atoms with Gasteiger partial charge in [0.1, 0.15) is 15.9 Å². The molecule has 0 unspecified atom stereocenters. The SMILES string of the molecule is Nc1c(S(=O)(=O)[O-])ccc2cc(O)ccc12. The summed E-state index contributed by atoms with van der Waals surface area (Å²) in [4.78, 5) is -0.439. The second kappa shape index (κ2) is 3.36. The summed E-state index contributed by atoms with van der Waals surface area (Å²) in [6.45, 7) is 0.